The van der Waals surface area contributed by atoms with E-state index in [0.717, 1.165) is 0 Å². The number of nitrogens with zero attached hydrogens (tertiary/aromatic N) is 1. The lowest BCUT2D eigenvalue weighted by Crippen LogP contribution is -2.37. The number of nitriles is 1. The van der Waals surface area contributed by atoms with E-state index in [4.69, 9.17) is 5.26 Å². The maximum Gasteiger partial charge on any atom is 0.225 e. The molecule has 1 saturated carbocycles. The molecular formula is C11H21N3O2S. The molecule has 0 radical (unpaired) electrons. The van der Waals surface area contributed by atoms with Crippen molar-refractivity contribution >= 4 is 10.0 Å². The summed E-state index contributed by atoms with van der Waals surface area (Å²) >= 11 is 0. The zero-order chi connectivity index (χ0) is 12.6. The number of hydrogen-bond donors (Lipinski definition) is 2. The van der Waals surface area contributed by atoms with Crippen LogP contribution in [0.15, 0.2) is 0 Å². The molecule has 0 bridgehead atoms. The largest absolute Gasteiger partial charge is 0.313 e. The van der Waals surface area contributed by atoms with Crippen molar-refractivity contribution in [1.82, 2.24) is 10.0 Å². The summed E-state index contributed by atoms with van der Waals surface area (Å²) in [5.41, 5.74) is 0. The van der Waals surface area contributed by atoms with Crippen LogP contribution in [-0.2, 0) is 10.0 Å². The summed E-state index contributed by atoms with van der Waals surface area (Å²) in [6.07, 6.45) is 7.52. The Bertz CT molecular complexity index is 340. The van der Waals surface area contributed by atoms with Crippen LogP contribution >= 0.6 is 0 Å². The molecule has 0 aromatic heterocycles. The van der Waals surface area contributed by atoms with Crippen LogP contribution in [0.3, 0.4) is 0 Å². The molecule has 98 valence electrons. The van der Waals surface area contributed by atoms with Crippen molar-refractivity contribution < 1.29 is 8.42 Å². The molecule has 0 aromatic rings. The maximum absolute atomic E-state index is 11.2. The quantitative estimate of drug-likeness (QED) is 0.544. The van der Waals surface area contributed by atoms with E-state index in [-0.39, 0.29) is 0 Å². The molecule has 0 saturated heterocycles. The van der Waals surface area contributed by atoms with Gasteiger partial charge in [0.2, 0.25) is 10.0 Å². The fraction of sp³-hybridized carbons (Fsp3) is 0.909. The Morgan fingerprint density at radius 2 is 1.76 bits per heavy atom. The molecular weight excluding hydrogens is 238 g/mol. The molecule has 0 spiro atoms. The minimum absolute atomic E-state index is 0.362. The number of nitrogens with one attached hydrogen (secondary N) is 2. The smallest absolute Gasteiger partial charge is 0.225 e. The normalized spacial score (nSPS) is 18.5. The molecule has 1 rings (SSSR count). The van der Waals surface area contributed by atoms with E-state index in [0.29, 0.717) is 19.1 Å². The number of rotatable bonds is 6. The second-order valence-electron chi connectivity index (χ2n) is 4.45. The van der Waals surface area contributed by atoms with Gasteiger partial charge in [-0.3, -0.25) is 0 Å². The number of sulfonamides is 1. The third-order valence-corrected chi connectivity index (χ3v) is 4.14. The molecule has 0 atom stereocenters. The Morgan fingerprint density at radius 3 is 2.35 bits per heavy atom. The van der Waals surface area contributed by atoms with Gasteiger partial charge in [-0.15, -0.1) is 0 Å². The van der Waals surface area contributed by atoms with E-state index in [1.165, 1.54) is 38.5 Å². The third-order valence-electron chi connectivity index (χ3n) is 2.99. The van der Waals surface area contributed by atoms with Crippen LogP contribution in [0.1, 0.15) is 38.5 Å². The highest BCUT2D eigenvalue weighted by Gasteiger charge is 2.12. The highest BCUT2D eigenvalue weighted by atomic mass is 32.2. The summed E-state index contributed by atoms with van der Waals surface area (Å²) in [7, 11) is -3.39. The van der Waals surface area contributed by atoms with Gasteiger partial charge in [-0.2, -0.15) is 5.26 Å². The minimum Gasteiger partial charge on any atom is -0.313 e. The Balaban J connectivity index is 2.13. The van der Waals surface area contributed by atoms with Gasteiger partial charge in [-0.1, -0.05) is 25.7 Å². The van der Waals surface area contributed by atoms with Crippen LogP contribution < -0.4 is 10.0 Å². The molecule has 1 aliphatic rings. The van der Waals surface area contributed by atoms with E-state index < -0.39 is 15.8 Å². The summed E-state index contributed by atoms with van der Waals surface area (Å²) in [4.78, 5) is 0. The summed E-state index contributed by atoms with van der Waals surface area (Å²) in [5.74, 6) is -0.462. The van der Waals surface area contributed by atoms with Crippen molar-refractivity contribution in [3.63, 3.8) is 0 Å². The van der Waals surface area contributed by atoms with Crippen molar-refractivity contribution in [3.05, 3.63) is 0 Å². The van der Waals surface area contributed by atoms with E-state index in [1.807, 2.05) is 0 Å². The lowest BCUT2D eigenvalue weighted by atomic mass is 10.1. The first-order chi connectivity index (χ1) is 8.14. The Labute approximate surface area is 104 Å². The van der Waals surface area contributed by atoms with Crippen LogP contribution in [0, 0.1) is 11.3 Å². The van der Waals surface area contributed by atoms with Crippen LogP contribution in [0.4, 0.5) is 0 Å². The summed E-state index contributed by atoms with van der Waals surface area (Å²) in [5, 5.41) is 11.7. The second kappa shape index (κ2) is 7.64. The molecule has 0 unspecified atom stereocenters. The molecule has 0 aliphatic heterocycles. The average Bonchev–Trinajstić information content (AvgIpc) is 2.53. The second-order valence-corrected chi connectivity index (χ2v) is 6.26. The van der Waals surface area contributed by atoms with Crippen LogP contribution in [0.5, 0.6) is 0 Å². The Hall–Kier alpha value is -0.640. The SMILES string of the molecule is N#CCS(=O)(=O)NCCNC1CCCCCC1. The first-order valence-corrected chi connectivity index (χ1v) is 7.87. The predicted octanol–water partition coefficient (Wildman–Crippen LogP) is 0.742. The van der Waals surface area contributed by atoms with Crippen molar-refractivity contribution in [1.29, 1.82) is 5.26 Å². The average molecular weight is 259 g/mol. The zero-order valence-electron chi connectivity index (χ0n) is 10.1. The first-order valence-electron chi connectivity index (χ1n) is 6.22. The van der Waals surface area contributed by atoms with Gasteiger partial charge in [0.25, 0.3) is 0 Å². The molecule has 5 nitrogen and oxygen atoms in total. The summed E-state index contributed by atoms with van der Waals surface area (Å²) in [6.45, 7) is 0.996. The minimum atomic E-state index is -3.39. The predicted molar refractivity (Wildman–Crippen MR) is 66.9 cm³/mol. The number of hydrogen-bond acceptors (Lipinski definition) is 4. The van der Waals surface area contributed by atoms with Gasteiger partial charge in [0.1, 0.15) is 0 Å². The zero-order valence-corrected chi connectivity index (χ0v) is 10.9. The van der Waals surface area contributed by atoms with Gasteiger partial charge in [0.05, 0.1) is 6.07 Å². The van der Waals surface area contributed by atoms with Crippen LogP contribution in [0.25, 0.3) is 0 Å². The molecule has 0 heterocycles. The molecule has 0 aromatic carbocycles. The molecule has 1 fully saturated rings. The van der Waals surface area contributed by atoms with Gasteiger partial charge in [-0.25, -0.2) is 13.1 Å². The Morgan fingerprint density at radius 1 is 1.12 bits per heavy atom. The highest BCUT2D eigenvalue weighted by Crippen LogP contribution is 2.16. The van der Waals surface area contributed by atoms with Crippen molar-refractivity contribution in [3.8, 4) is 6.07 Å². The maximum atomic E-state index is 11.2. The summed E-state index contributed by atoms with van der Waals surface area (Å²) < 4.78 is 24.8. The van der Waals surface area contributed by atoms with E-state index in [1.54, 1.807) is 6.07 Å². The van der Waals surface area contributed by atoms with Crippen molar-refractivity contribution in [2.24, 2.45) is 0 Å². The first kappa shape index (κ1) is 14.4. The van der Waals surface area contributed by atoms with Gasteiger partial charge in [-0.05, 0) is 12.8 Å². The Kier molecular flexibility index (Phi) is 6.48. The molecule has 0 amide bonds. The molecule has 6 heteroatoms. The molecule has 1 aliphatic carbocycles. The highest BCUT2D eigenvalue weighted by molar-refractivity contribution is 7.89. The van der Waals surface area contributed by atoms with Gasteiger partial charge in [0.15, 0.2) is 5.75 Å². The van der Waals surface area contributed by atoms with Crippen LogP contribution in [-0.4, -0.2) is 33.3 Å². The standard InChI is InChI=1S/C11H21N3O2S/c12-7-10-17(15,16)14-9-8-13-11-5-3-1-2-4-6-11/h11,13-14H,1-6,8-10H2. The monoisotopic (exact) mass is 259 g/mol. The lowest BCUT2D eigenvalue weighted by molar-refractivity contribution is 0.461. The van der Waals surface area contributed by atoms with Gasteiger partial charge in [0, 0.05) is 19.1 Å². The van der Waals surface area contributed by atoms with Crippen molar-refractivity contribution in [2.45, 2.75) is 44.6 Å². The lowest BCUT2D eigenvalue weighted by Gasteiger charge is -2.16. The fourth-order valence-electron chi connectivity index (χ4n) is 2.10. The molecule has 2 N–H and O–H groups in total. The van der Waals surface area contributed by atoms with Gasteiger partial charge < -0.3 is 5.32 Å². The van der Waals surface area contributed by atoms with E-state index in [9.17, 15) is 8.42 Å². The van der Waals surface area contributed by atoms with E-state index >= 15 is 0 Å². The topological polar surface area (TPSA) is 82.0 Å². The van der Waals surface area contributed by atoms with Crippen LogP contribution in [0.2, 0.25) is 0 Å². The van der Waals surface area contributed by atoms with E-state index in [2.05, 4.69) is 10.0 Å². The molecule has 17 heavy (non-hydrogen) atoms. The summed E-state index contributed by atoms with van der Waals surface area (Å²) in [6, 6.07) is 2.16. The van der Waals surface area contributed by atoms with Crippen molar-refractivity contribution in [2.75, 3.05) is 18.8 Å². The third kappa shape index (κ3) is 6.61. The fourth-order valence-corrected chi connectivity index (χ4v) is 2.79. The van der Waals surface area contributed by atoms with Gasteiger partial charge >= 0.3 is 0 Å².